The zero-order valence-corrected chi connectivity index (χ0v) is 16.9. The summed E-state index contributed by atoms with van der Waals surface area (Å²) in [6.45, 7) is 0.749. The maximum absolute atomic E-state index is 13.2. The van der Waals surface area contributed by atoms with Gasteiger partial charge in [0, 0.05) is 12.3 Å². The van der Waals surface area contributed by atoms with E-state index in [2.05, 4.69) is 22.0 Å². The Morgan fingerprint density at radius 2 is 2.15 bits per heavy atom. The van der Waals surface area contributed by atoms with E-state index in [9.17, 15) is 4.79 Å². The Bertz CT molecular complexity index is 828. The van der Waals surface area contributed by atoms with E-state index in [4.69, 9.17) is 9.47 Å². The minimum Gasteiger partial charge on any atom is -0.496 e. The second-order valence-corrected chi connectivity index (χ2v) is 8.44. The van der Waals surface area contributed by atoms with Crippen LogP contribution in [-0.4, -0.2) is 36.3 Å². The van der Waals surface area contributed by atoms with Crippen molar-refractivity contribution < 1.29 is 14.3 Å². The van der Waals surface area contributed by atoms with E-state index in [0.29, 0.717) is 0 Å². The normalized spacial score (nSPS) is 21.8. The summed E-state index contributed by atoms with van der Waals surface area (Å²) in [6.07, 6.45) is 1.22. The molecule has 2 unspecified atom stereocenters. The summed E-state index contributed by atoms with van der Waals surface area (Å²) in [5, 5.41) is 0.0190. The number of rotatable bonds is 3. The second kappa shape index (κ2) is 7.53. The van der Waals surface area contributed by atoms with Crippen molar-refractivity contribution in [2.45, 2.75) is 24.3 Å². The van der Waals surface area contributed by atoms with Gasteiger partial charge in [0.2, 0.25) is 0 Å². The number of ether oxygens (including phenoxy) is 2. The van der Waals surface area contributed by atoms with Crippen LogP contribution in [0.1, 0.15) is 22.9 Å². The van der Waals surface area contributed by atoms with Crippen molar-refractivity contribution in [3.8, 4) is 11.5 Å². The number of aryl methyl sites for hydroxylation is 1. The molecule has 136 valence electrons. The third-order valence-corrected chi connectivity index (χ3v) is 6.71. The highest BCUT2D eigenvalue weighted by Gasteiger charge is 2.37. The molecule has 2 atom stereocenters. The Kier molecular flexibility index (Phi) is 5.14. The number of para-hydroxylation sites is 1. The summed E-state index contributed by atoms with van der Waals surface area (Å²) in [6, 6.07) is 14.0. The highest BCUT2D eigenvalue weighted by molar-refractivity contribution is 9.10. The molecule has 0 aliphatic carbocycles. The van der Waals surface area contributed by atoms with Crippen molar-refractivity contribution in [2.75, 3.05) is 19.4 Å². The summed E-state index contributed by atoms with van der Waals surface area (Å²) in [5.74, 6) is 2.65. The Labute approximate surface area is 166 Å². The van der Waals surface area contributed by atoms with Crippen LogP contribution in [0.5, 0.6) is 11.5 Å². The monoisotopic (exact) mass is 433 g/mol. The molecule has 0 saturated carbocycles. The molecule has 1 amide bonds. The van der Waals surface area contributed by atoms with E-state index in [-0.39, 0.29) is 11.3 Å². The van der Waals surface area contributed by atoms with Gasteiger partial charge >= 0.3 is 0 Å². The Morgan fingerprint density at radius 1 is 1.31 bits per heavy atom. The van der Waals surface area contributed by atoms with Crippen LogP contribution in [0.3, 0.4) is 0 Å². The lowest BCUT2D eigenvalue weighted by Crippen LogP contribution is -2.43. The summed E-state index contributed by atoms with van der Waals surface area (Å²) in [7, 11) is 1.65. The van der Waals surface area contributed by atoms with E-state index in [1.165, 1.54) is 5.56 Å². The fraction of sp³-hybridized carbons (Fsp3) is 0.350. The predicted octanol–water partition coefficient (Wildman–Crippen LogP) is 4.43. The van der Waals surface area contributed by atoms with E-state index >= 15 is 0 Å². The number of carbonyl (C=O) groups excluding carboxylic acids is 1. The third kappa shape index (κ3) is 3.32. The van der Waals surface area contributed by atoms with Gasteiger partial charge in [-0.2, -0.15) is 0 Å². The van der Waals surface area contributed by atoms with Crippen molar-refractivity contribution in [1.82, 2.24) is 4.90 Å². The zero-order chi connectivity index (χ0) is 18.1. The number of hydrogen-bond donors (Lipinski definition) is 0. The quantitative estimate of drug-likeness (QED) is 0.717. The molecule has 6 heteroatoms. The van der Waals surface area contributed by atoms with Crippen molar-refractivity contribution >= 4 is 33.6 Å². The maximum Gasteiger partial charge on any atom is 0.264 e. The van der Waals surface area contributed by atoms with Crippen LogP contribution >= 0.6 is 27.7 Å². The molecule has 0 radical (unpaired) electrons. The lowest BCUT2D eigenvalue weighted by molar-refractivity contribution is -0.139. The first kappa shape index (κ1) is 17.7. The number of carbonyl (C=O) groups is 1. The molecule has 26 heavy (non-hydrogen) atoms. The van der Waals surface area contributed by atoms with E-state index < -0.39 is 6.10 Å². The second-order valence-electron chi connectivity index (χ2n) is 6.40. The molecule has 0 bridgehead atoms. The van der Waals surface area contributed by atoms with Gasteiger partial charge in [-0.3, -0.25) is 4.79 Å². The summed E-state index contributed by atoms with van der Waals surface area (Å²) in [5.41, 5.74) is 2.28. The lowest BCUT2D eigenvalue weighted by Gasteiger charge is -2.31. The van der Waals surface area contributed by atoms with Gasteiger partial charge in [-0.05, 0) is 58.1 Å². The molecule has 0 spiro atoms. The number of thioether (sulfide) groups is 1. The predicted molar refractivity (Wildman–Crippen MR) is 107 cm³/mol. The van der Waals surface area contributed by atoms with Crippen LogP contribution in [0, 0.1) is 0 Å². The average Bonchev–Trinajstić information content (AvgIpc) is 3.16. The molecule has 1 saturated heterocycles. The van der Waals surface area contributed by atoms with Crippen LogP contribution in [0.2, 0.25) is 0 Å². The van der Waals surface area contributed by atoms with Crippen LogP contribution < -0.4 is 9.47 Å². The van der Waals surface area contributed by atoms with E-state index in [0.717, 1.165) is 46.7 Å². The fourth-order valence-corrected chi connectivity index (χ4v) is 5.30. The number of benzene rings is 2. The fourth-order valence-electron chi connectivity index (χ4n) is 3.49. The van der Waals surface area contributed by atoms with Gasteiger partial charge in [-0.15, -0.1) is 11.8 Å². The molecule has 1 fully saturated rings. The van der Waals surface area contributed by atoms with Gasteiger partial charge < -0.3 is 14.4 Å². The number of nitrogens with zero attached hydrogens (tertiary/aromatic N) is 1. The average molecular weight is 434 g/mol. The SMILES string of the molecule is COc1ccc(C2SCCN2C(=O)C2CCc3ccccc3O2)cc1Br. The van der Waals surface area contributed by atoms with Crippen molar-refractivity contribution in [3.63, 3.8) is 0 Å². The molecular weight excluding hydrogens is 414 g/mol. The maximum atomic E-state index is 13.2. The Balaban J connectivity index is 1.53. The molecule has 0 aromatic heterocycles. The largest absolute Gasteiger partial charge is 0.496 e. The van der Waals surface area contributed by atoms with Crippen molar-refractivity contribution in [2.24, 2.45) is 0 Å². The number of methoxy groups -OCH3 is 1. The van der Waals surface area contributed by atoms with Gasteiger partial charge in [0.1, 0.15) is 16.9 Å². The summed E-state index contributed by atoms with van der Waals surface area (Å²) in [4.78, 5) is 15.1. The molecule has 0 N–H and O–H groups in total. The molecule has 2 aromatic carbocycles. The number of halogens is 1. The minimum absolute atomic E-state index is 0.0190. The van der Waals surface area contributed by atoms with Gasteiger partial charge in [0.25, 0.3) is 5.91 Å². The van der Waals surface area contributed by atoms with Crippen LogP contribution in [0.15, 0.2) is 46.9 Å². The molecule has 4 rings (SSSR count). The molecular formula is C20H20BrNO3S. The minimum atomic E-state index is -0.396. The highest BCUT2D eigenvalue weighted by atomic mass is 79.9. The summed E-state index contributed by atoms with van der Waals surface area (Å²) < 4.78 is 12.2. The smallest absolute Gasteiger partial charge is 0.264 e. The van der Waals surface area contributed by atoms with E-state index in [1.807, 2.05) is 41.3 Å². The molecule has 2 aliphatic rings. The van der Waals surface area contributed by atoms with Crippen LogP contribution in [0.25, 0.3) is 0 Å². The third-order valence-electron chi connectivity index (χ3n) is 4.83. The Hall–Kier alpha value is -1.66. The van der Waals surface area contributed by atoms with Gasteiger partial charge in [-0.1, -0.05) is 24.3 Å². The first-order chi connectivity index (χ1) is 12.7. The van der Waals surface area contributed by atoms with Gasteiger partial charge in [-0.25, -0.2) is 0 Å². The Morgan fingerprint density at radius 3 is 2.96 bits per heavy atom. The van der Waals surface area contributed by atoms with E-state index in [1.54, 1.807) is 18.9 Å². The summed E-state index contributed by atoms with van der Waals surface area (Å²) >= 11 is 5.34. The van der Waals surface area contributed by atoms with Crippen molar-refractivity contribution in [3.05, 3.63) is 58.1 Å². The van der Waals surface area contributed by atoms with Crippen LogP contribution in [-0.2, 0) is 11.2 Å². The number of hydrogen-bond acceptors (Lipinski definition) is 4. The van der Waals surface area contributed by atoms with Crippen LogP contribution in [0.4, 0.5) is 0 Å². The first-order valence-corrected chi connectivity index (χ1v) is 10.5. The van der Waals surface area contributed by atoms with Crippen molar-refractivity contribution in [1.29, 1.82) is 0 Å². The highest BCUT2D eigenvalue weighted by Crippen LogP contribution is 2.41. The standard InChI is InChI=1S/C20H20BrNO3S/c1-24-17-8-7-14(12-15(17)21)20-22(10-11-26-20)19(23)18-9-6-13-4-2-3-5-16(13)25-18/h2-5,7-8,12,18,20H,6,9-11H2,1H3. The van der Waals surface area contributed by atoms with Gasteiger partial charge in [0.05, 0.1) is 11.6 Å². The number of fused-ring (bicyclic) bond motifs is 1. The topological polar surface area (TPSA) is 38.8 Å². The molecule has 2 aromatic rings. The molecule has 2 aliphatic heterocycles. The number of amides is 1. The molecule has 4 nitrogen and oxygen atoms in total. The first-order valence-electron chi connectivity index (χ1n) is 8.67. The zero-order valence-electron chi connectivity index (χ0n) is 14.5. The lowest BCUT2D eigenvalue weighted by atomic mass is 10.0. The molecule has 2 heterocycles. The van der Waals surface area contributed by atoms with Gasteiger partial charge in [0.15, 0.2) is 6.10 Å².